The molecule has 2 saturated carbocycles. The van der Waals surface area contributed by atoms with Gasteiger partial charge in [0.05, 0.1) is 20.9 Å². The molecule has 16 nitrogen and oxygen atoms in total. The summed E-state index contributed by atoms with van der Waals surface area (Å²) in [6, 6.07) is 20.6. The van der Waals surface area contributed by atoms with Crippen molar-refractivity contribution >= 4 is 76.8 Å². The van der Waals surface area contributed by atoms with Crippen molar-refractivity contribution in [2.24, 2.45) is 10.8 Å². The molecule has 2 spiro atoms. The number of piperidine rings is 2. The molecular weight excluding hydrogens is 973 g/mol. The van der Waals surface area contributed by atoms with E-state index in [0.29, 0.717) is 78.2 Å². The van der Waals surface area contributed by atoms with Crippen LogP contribution in [0.5, 0.6) is 0 Å². The predicted octanol–water partition coefficient (Wildman–Crippen LogP) is 7.26. The van der Waals surface area contributed by atoms with Crippen LogP contribution in [0.4, 0.5) is 22.7 Å². The zero-order valence-corrected chi connectivity index (χ0v) is 43.7. The van der Waals surface area contributed by atoms with Gasteiger partial charge in [0.15, 0.2) is 0 Å². The molecule has 4 fully saturated rings. The molecule has 2 saturated heterocycles. The van der Waals surface area contributed by atoms with E-state index in [0.717, 1.165) is 24.8 Å². The maximum absolute atomic E-state index is 14.6. The number of nitrogens with zero attached hydrogens (tertiary/aromatic N) is 2. The van der Waals surface area contributed by atoms with Crippen LogP contribution in [0.15, 0.2) is 88.7 Å². The molecule has 378 valence electrons. The van der Waals surface area contributed by atoms with Crippen molar-refractivity contribution in [3.63, 3.8) is 0 Å². The quantitative estimate of drug-likeness (QED) is 0.0862. The second-order valence-electron chi connectivity index (χ2n) is 21.6. The summed E-state index contributed by atoms with van der Waals surface area (Å²) in [5, 5.41) is 5.80. The number of carbonyl (C=O) groups excluding carboxylic acids is 2. The monoisotopic (exact) mass is 1030 g/mol. The summed E-state index contributed by atoms with van der Waals surface area (Å²) in [7, 11) is -7.81. The summed E-state index contributed by atoms with van der Waals surface area (Å²) in [5.41, 5.74) is 2.86. The Kier molecular flexibility index (Phi) is 14.4. The minimum absolute atomic E-state index is 0.00136. The minimum Gasteiger partial charge on any atom is -0.772 e. The van der Waals surface area contributed by atoms with Crippen molar-refractivity contribution in [2.75, 3.05) is 46.6 Å². The highest BCUT2D eigenvalue weighted by atomic mass is 32.2. The van der Waals surface area contributed by atoms with E-state index >= 15 is 0 Å². The highest BCUT2D eigenvalue weighted by molar-refractivity contribution is 7.89. The van der Waals surface area contributed by atoms with Gasteiger partial charge in [-0.2, -0.15) is 0 Å². The molecule has 20 heteroatoms. The van der Waals surface area contributed by atoms with Gasteiger partial charge in [0.2, 0.25) is 20.0 Å². The zero-order chi connectivity index (χ0) is 50.6. The van der Waals surface area contributed by atoms with Crippen LogP contribution in [-0.2, 0) is 53.7 Å². The van der Waals surface area contributed by atoms with Gasteiger partial charge >= 0.3 is 0 Å². The van der Waals surface area contributed by atoms with Crippen LogP contribution in [0.1, 0.15) is 130 Å². The molecule has 4 N–H and O–H groups in total. The molecular formula is C50H62N6O10S4-2. The number of amides is 2. The highest BCUT2D eigenvalue weighted by Gasteiger charge is 2.56. The lowest BCUT2D eigenvalue weighted by Crippen LogP contribution is -2.40. The fourth-order valence-corrected chi connectivity index (χ4v) is 14.0. The topological polar surface area (TPSA) is 237 Å². The van der Waals surface area contributed by atoms with Gasteiger partial charge in [-0.15, -0.1) is 0 Å². The molecule has 4 aliphatic rings. The van der Waals surface area contributed by atoms with Crippen LogP contribution in [0, 0.1) is 10.8 Å². The Bertz CT molecular complexity index is 2960. The number of nitrogens with one attached hydrogen (secondary N) is 4. The summed E-state index contributed by atoms with van der Waals surface area (Å²) in [6.45, 7) is 12.8. The normalized spacial score (nSPS) is 19.7. The number of anilines is 4. The lowest BCUT2D eigenvalue weighted by Gasteiger charge is -2.37. The van der Waals surface area contributed by atoms with E-state index in [9.17, 15) is 43.9 Å². The van der Waals surface area contributed by atoms with Gasteiger partial charge in [0.25, 0.3) is 11.8 Å². The highest BCUT2D eigenvalue weighted by Crippen LogP contribution is 2.66. The second kappa shape index (κ2) is 19.5. The Balaban J connectivity index is 1.07. The van der Waals surface area contributed by atoms with Crippen LogP contribution < -0.4 is 29.9 Å². The summed E-state index contributed by atoms with van der Waals surface area (Å²) >= 11 is -4.84. The van der Waals surface area contributed by atoms with Gasteiger partial charge in [0.1, 0.15) is 0 Å². The van der Waals surface area contributed by atoms with E-state index in [1.54, 1.807) is 77.9 Å². The van der Waals surface area contributed by atoms with Crippen molar-refractivity contribution in [3.8, 4) is 0 Å². The fraction of sp³-hybridized carbons (Fsp3) is 0.480. The first-order valence-electron chi connectivity index (χ1n) is 23.6. The van der Waals surface area contributed by atoms with E-state index in [1.165, 1.54) is 43.2 Å². The average molecular weight is 1040 g/mol. The lowest BCUT2D eigenvalue weighted by molar-refractivity contribution is 0.101. The average Bonchev–Trinajstić information content (AvgIpc) is 4.18. The van der Waals surface area contributed by atoms with Crippen molar-refractivity contribution < 1.29 is 43.9 Å². The largest absolute Gasteiger partial charge is 0.772 e. The smallest absolute Gasteiger partial charge is 0.257 e. The Morgan fingerprint density at radius 2 is 1.11 bits per heavy atom. The molecule has 0 bridgehead atoms. The van der Waals surface area contributed by atoms with Crippen molar-refractivity contribution in [2.45, 2.75) is 125 Å². The lowest BCUT2D eigenvalue weighted by atomic mass is 9.86. The van der Waals surface area contributed by atoms with E-state index in [1.807, 2.05) is 17.0 Å². The van der Waals surface area contributed by atoms with Gasteiger partial charge < -0.3 is 29.5 Å². The van der Waals surface area contributed by atoms with Crippen LogP contribution in [0.25, 0.3) is 0 Å². The third-order valence-corrected chi connectivity index (χ3v) is 18.5. The van der Waals surface area contributed by atoms with E-state index in [4.69, 9.17) is 0 Å². The molecule has 8 rings (SSSR count). The minimum atomic E-state index is -3.91. The first kappa shape index (κ1) is 51.8. The summed E-state index contributed by atoms with van der Waals surface area (Å²) in [4.78, 5) is 32.8. The molecule has 0 radical (unpaired) electrons. The van der Waals surface area contributed by atoms with Crippen LogP contribution >= 0.6 is 0 Å². The SMILES string of the molecule is CC(C)(C)NS(=O)(=O)c1cccc(NC(=O)c2cc(C3CC34CCN(c3cc(CS(=O)[O-])ccc3C(=O)Nc3cccc(S(=O)(=O)NC(C)(C)C)c3)CC4)c(CS(=O)[O-])cc2N2CCC3(CC2)CC3)c1. The maximum Gasteiger partial charge on any atom is 0.257 e. The Hall–Kier alpha value is -4.54. The van der Waals surface area contributed by atoms with Gasteiger partial charge in [-0.25, -0.2) is 26.3 Å². The Morgan fingerprint density at radius 1 is 0.629 bits per heavy atom. The van der Waals surface area contributed by atoms with E-state index in [-0.39, 0.29) is 43.9 Å². The number of carbonyl (C=O) groups is 2. The molecule has 2 aliphatic carbocycles. The fourth-order valence-electron chi connectivity index (χ4n) is 10.2. The van der Waals surface area contributed by atoms with Gasteiger partial charge in [-0.1, -0.05) is 40.4 Å². The number of rotatable bonds is 15. The third-order valence-electron chi connectivity index (χ3n) is 13.8. The van der Waals surface area contributed by atoms with Crippen molar-refractivity contribution in [1.29, 1.82) is 0 Å². The molecule has 3 atom stereocenters. The van der Waals surface area contributed by atoms with E-state index < -0.39 is 65.1 Å². The molecule has 2 heterocycles. The molecule has 4 aromatic carbocycles. The molecule has 3 unspecified atom stereocenters. The first-order valence-corrected chi connectivity index (χ1v) is 29.0. The summed E-state index contributed by atoms with van der Waals surface area (Å²) in [6.07, 6.45) is 6.33. The summed E-state index contributed by atoms with van der Waals surface area (Å²) < 4.78 is 107. The molecule has 2 aliphatic heterocycles. The van der Waals surface area contributed by atoms with Gasteiger partial charge in [-0.3, -0.25) is 18.0 Å². The Labute approximate surface area is 416 Å². The van der Waals surface area contributed by atoms with Crippen LogP contribution in [0.2, 0.25) is 0 Å². The van der Waals surface area contributed by atoms with Crippen LogP contribution in [-0.4, -0.2) is 83.4 Å². The number of sulfonamides is 2. The van der Waals surface area contributed by atoms with E-state index in [2.05, 4.69) is 25.0 Å². The molecule has 4 aromatic rings. The second-order valence-corrected chi connectivity index (χ2v) is 26.7. The maximum atomic E-state index is 14.6. The summed E-state index contributed by atoms with van der Waals surface area (Å²) in [5.74, 6) is -1.54. The van der Waals surface area contributed by atoms with Crippen molar-refractivity contribution in [3.05, 3.63) is 107 Å². The van der Waals surface area contributed by atoms with Crippen LogP contribution in [0.3, 0.4) is 0 Å². The number of benzene rings is 4. The molecule has 70 heavy (non-hydrogen) atoms. The van der Waals surface area contributed by atoms with Gasteiger partial charge in [-0.05, 0) is 181 Å². The zero-order valence-electron chi connectivity index (χ0n) is 40.4. The van der Waals surface area contributed by atoms with Gasteiger partial charge in [0, 0.05) is 71.5 Å². The molecule has 2 amide bonds. The molecule has 0 aromatic heterocycles. The number of hydrogen-bond donors (Lipinski definition) is 4. The standard InChI is InChI=1S/C50H64N6O10S4/c1-47(2,3)53-69(63,64)37-11-7-9-35(27-37)51-45(57)39-14-13-33(31-67(59)60)25-43(39)56-23-19-50(20-24-56)30-42(50)40-29-41(44(26-34(40)32-68(61)62)55-21-17-49(15-16-49)18-22-55)46(58)52-36-10-8-12-38(28-36)70(65,66)54-48(4,5)6/h7-14,25-29,42,53-54H,15-24,30-32H2,1-6H3,(H,51,57)(H,52,58)(H,59,60)(H,61,62)/p-2. The third kappa shape index (κ3) is 12.2. The Morgan fingerprint density at radius 3 is 1.60 bits per heavy atom. The first-order chi connectivity index (χ1) is 32.7. The number of hydrogen-bond acceptors (Lipinski definition) is 12. The van der Waals surface area contributed by atoms with Crippen molar-refractivity contribution in [1.82, 2.24) is 9.44 Å². The predicted molar refractivity (Wildman–Crippen MR) is 271 cm³/mol.